The largest absolute Gasteiger partial charge is 0.318 e. The molecule has 1 fully saturated rings. The van der Waals surface area contributed by atoms with Gasteiger partial charge >= 0.3 is 5.37 Å². The Morgan fingerprint density at radius 1 is 1.25 bits per heavy atom. The third-order valence-electron chi connectivity index (χ3n) is 5.44. The Labute approximate surface area is 190 Å². The van der Waals surface area contributed by atoms with Crippen LogP contribution in [0.25, 0.3) is 11.1 Å². The van der Waals surface area contributed by atoms with Crippen LogP contribution in [-0.4, -0.2) is 61.6 Å². The number of hydrogen-bond donors (Lipinski definition) is 1. The van der Waals surface area contributed by atoms with E-state index in [1.807, 2.05) is 17.7 Å². The highest BCUT2D eigenvalue weighted by Gasteiger charge is 2.57. The molecule has 0 radical (unpaired) electrons. The molecule has 1 aliphatic heterocycles. The fourth-order valence-electron chi connectivity index (χ4n) is 3.75. The van der Waals surface area contributed by atoms with Gasteiger partial charge in [0, 0.05) is 19.7 Å². The second kappa shape index (κ2) is 9.01. The molecule has 2 aromatic rings. The Balaban J connectivity index is 2.02. The van der Waals surface area contributed by atoms with E-state index in [2.05, 4.69) is 0 Å². The third-order valence-corrected chi connectivity index (χ3v) is 7.17. The second-order valence-electron chi connectivity index (χ2n) is 7.94. The Morgan fingerprint density at radius 2 is 1.91 bits per heavy atom. The smallest absolute Gasteiger partial charge is 0.316 e. The van der Waals surface area contributed by atoms with Gasteiger partial charge in [-0.1, -0.05) is 48.0 Å². The van der Waals surface area contributed by atoms with Crippen LogP contribution in [0.2, 0.25) is 0 Å². The van der Waals surface area contributed by atoms with Gasteiger partial charge in [0.05, 0.1) is 12.6 Å². The maximum Gasteiger partial charge on any atom is 0.316 e. The summed E-state index contributed by atoms with van der Waals surface area (Å²) in [6.45, 7) is 0.775. The molecule has 2 atom stereocenters. The molecule has 0 aromatic heterocycles. The molecule has 0 bridgehead atoms. The summed E-state index contributed by atoms with van der Waals surface area (Å²) in [4.78, 5) is 12.5. The molecule has 1 unspecified atom stereocenters. The Bertz CT molecular complexity index is 1130. The zero-order valence-corrected chi connectivity index (χ0v) is 19.2. The van der Waals surface area contributed by atoms with Crippen LogP contribution in [0.15, 0.2) is 42.5 Å². The molecule has 11 heteroatoms. The van der Waals surface area contributed by atoms with Crippen molar-refractivity contribution in [2.75, 3.05) is 20.6 Å². The number of rotatable bonds is 6. The summed E-state index contributed by atoms with van der Waals surface area (Å²) >= 11 is 5.53. The van der Waals surface area contributed by atoms with Crippen LogP contribution < -0.4 is 4.72 Å². The van der Waals surface area contributed by atoms with Crippen LogP contribution in [0, 0.1) is 12.7 Å². The number of nitrogens with zero attached hydrogens (tertiary/aromatic N) is 2. The first-order valence-electron chi connectivity index (χ1n) is 9.71. The van der Waals surface area contributed by atoms with Gasteiger partial charge in [-0.15, -0.1) is 0 Å². The van der Waals surface area contributed by atoms with Gasteiger partial charge in [-0.05, 0) is 36.1 Å². The van der Waals surface area contributed by atoms with Crippen molar-refractivity contribution >= 4 is 27.2 Å². The number of carbonyl (C=O) groups excluding carboxylic acids is 1. The first-order valence-corrected chi connectivity index (χ1v) is 11.5. The van der Waals surface area contributed by atoms with Crippen molar-refractivity contribution in [1.82, 2.24) is 13.9 Å². The van der Waals surface area contributed by atoms with Gasteiger partial charge in [-0.2, -0.15) is 17.4 Å². The quantitative estimate of drug-likeness (QED) is 0.496. The van der Waals surface area contributed by atoms with E-state index in [1.165, 1.54) is 20.2 Å². The Kier molecular flexibility index (Phi) is 6.90. The number of likely N-dealkylation sites (tertiary alicyclic amines) is 1. The van der Waals surface area contributed by atoms with E-state index in [0.717, 1.165) is 9.87 Å². The lowest BCUT2D eigenvalue weighted by molar-refractivity contribution is -0.00448. The highest BCUT2D eigenvalue weighted by molar-refractivity contribution is 7.87. The summed E-state index contributed by atoms with van der Waals surface area (Å²) in [6.07, 6.45) is -0.361. The van der Waals surface area contributed by atoms with Crippen molar-refractivity contribution in [3.05, 3.63) is 59.4 Å². The van der Waals surface area contributed by atoms with Crippen molar-refractivity contribution in [1.29, 1.82) is 0 Å². The predicted octanol–water partition coefficient (Wildman–Crippen LogP) is 3.79. The Hall–Kier alpha value is -2.14. The van der Waals surface area contributed by atoms with Gasteiger partial charge in [0.2, 0.25) is 0 Å². The molecule has 1 heterocycles. The maximum absolute atomic E-state index is 15.4. The summed E-state index contributed by atoms with van der Waals surface area (Å²) in [5.41, 5.74) is 1.85. The van der Waals surface area contributed by atoms with E-state index >= 15 is 4.39 Å². The summed E-state index contributed by atoms with van der Waals surface area (Å²) in [5, 5.41) is -1.17. The fourth-order valence-corrected chi connectivity index (χ4v) is 4.80. The normalized spacial score (nSPS) is 20.7. The van der Waals surface area contributed by atoms with Crippen molar-refractivity contribution in [3.8, 4) is 11.1 Å². The lowest BCUT2D eigenvalue weighted by atomic mass is 9.95. The van der Waals surface area contributed by atoms with Crippen LogP contribution in [0.5, 0.6) is 0 Å². The van der Waals surface area contributed by atoms with E-state index in [1.54, 1.807) is 30.3 Å². The second-order valence-corrected chi connectivity index (χ2v) is 10.2. The minimum Gasteiger partial charge on any atom is -0.318 e. The fraction of sp³-hybridized carbons (Fsp3) is 0.381. The van der Waals surface area contributed by atoms with Crippen molar-refractivity contribution in [2.24, 2.45) is 0 Å². The number of alkyl halides is 2. The average molecular weight is 490 g/mol. The van der Waals surface area contributed by atoms with Gasteiger partial charge in [0.15, 0.2) is 0 Å². The molecular weight excluding hydrogens is 467 g/mol. The van der Waals surface area contributed by atoms with E-state index in [-0.39, 0.29) is 17.5 Å². The number of carbonyl (C=O) groups is 1. The van der Waals surface area contributed by atoms with Gasteiger partial charge in [0.25, 0.3) is 16.1 Å². The molecule has 6 nitrogen and oxygen atoms in total. The van der Waals surface area contributed by atoms with Crippen LogP contribution in [0.3, 0.4) is 0 Å². The van der Waals surface area contributed by atoms with Crippen LogP contribution in [0.1, 0.15) is 11.1 Å². The minimum atomic E-state index is -4.26. The molecule has 0 saturated carbocycles. The molecule has 3 rings (SSSR count). The summed E-state index contributed by atoms with van der Waals surface area (Å²) in [6, 6.07) is 8.32. The highest BCUT2D eigenvalue weighted by Crippen LogP contribution is 2.37. The molecule has 2 aromatic carbocycles. The lowest BCUT2D eigenvalue weighted by Crippen LogP contribution is -2.54. The van der Waals surface area contributed by atoms with E-state index in [4.69, 9.17) is 11.6 Å². The van der Waals surface area contributed by atoms with E-state index in [0.29, 0.717) is 10.5 Å². The third kappa shape index (κ3) is 4.93. The van der Waals surface area contributed by atoms with Crippen LogP contribution in [-0.2, 0) is 16.6 Å². The first kappa shape index (κ1) is 24.5. The number of aryl methyl sites for hydroxylation is 1. The topological polar surface area (TPSA) is 69.7 Å². The summed E-state index contributed by atoms with van der Waals surface area (Å²) in [7, 11) is -1.90. The monoisotopic (exact) mass is 489 g/mol. The van der Waals surface area contributed by atoms with Crippen LogP contribution in [0.4, 0.5) is 18.0 Å². The SMILES string of the molecule is Cc1cccc(-c2cccc(C[C@@H]3C(NS(=O)(=O)N(C)C)C(F)(F)CN3C(=O)Cl)c2F)c1. The van der Waals surface area contributed by atoms with Gasteiger partial charge in [-0.3, -0.25) is 4.79 Å². The van der Waals surface area contributed by atoms with E-state index < -0.39 is 45.9 Å². The molecule has 1 N–H and O–H groups in total. The lowest BCUT2D eigenvalue weighted by Gasteiger charge is -2.28. The minimum absolute atomic E-state index is 0.0590. The Morgan fingerprint density at radius 3 is 2.50 bits per heavy atom. The number of benzene rings is 2. The first-order chi connectivity index (χ1) is 14.8. The molecule has 1 aliphatic rings. The standard InChI is InChI=1S/C21H23ClF3N3O3S/c1-13-6-4-7-14(10-13)16-9-5-8-15(18(16)23)11-17-19(26-32(30,31)27(2)3)21(24,25)12-28(17)20(22)29/h4-10,17,19,26H,11-12H2,1-3H3/t17-,19?/m1/s1. The molecule has 1 amide bonds. The van der Waals surface area contributed by atoms with Crippen LogP contribution >= 0.6 is 11.6 Å². The molecule has 1 saturated heterocycles. The molecular formula is C21H23ClF3N3O3S. The number of amides is 1. The maximum atomic E-state index is 15.4. The van der Waals surface area contributed by atoms with E-state index in [9.17, 15) is 22.0 Å². The van der Waals surface area contributed by atoms with Crippen molar-refractivity contribution in [2.45, 2.75) is 31.4 Å². The van der Waals surface area contributed by atoms with Crippen molar-refractivity contribution < 1.29 is 26.4 Å². The number of hydrogen-bond acceptors (Lipinski definition) is 3. The number of halogens is 4. The zero-order valence-electron chi connectivity index (χ0n) is 17.6. The molecule has 174 valence electrons. The van der Waals surface area contributed by atoms with Gasteiger partial charge in [0.1, 0.15) is 11.9 Å². The van der Waals surface area contributed by atoms with Gasteiger partial charge in [-0.25, -0.2) is 13.2 Å². The van der Waals surface area contributed by atoms with Gasteiger partial charge < -0.3 is 4.90 Å². The summed E-state index contributed by atoms with van der Waals surface area (Å²) < 4.78 is 72.1. The highest BCUT2D eigenvalue weighted by atomic mass is 35.5. The van der Waals surface area contributed by atoms with Crippen molar-refractivity contribution in [3.63, 3.8) is 0 Å². The average Bonchev–Trinajstić information content (AvgIpc) is 2.93. The molecule has 0 spiro atoms. The zero-order chi connectivity index (χ0) is 23.8. The molecule has 0 aliphatic carbocycles. The number of nitrogens with one attached hydrogen (secondary N) is 1. The molecule has 32 heavy (non-hydrogen) atoms. The summed E-state index contributed by atoms with van der Waals surface area (Å²) in [5.74, 6) is -4.24. The predicted molar refractivity (Wildman–Crippen MR) is 116 cm³/mol.